The van der Waals surface area contributed by atoms with Gasteiger partial charge in [-0.05, 0) is 19.3 Å². The molecule has 7 heteroatoms. The van der Waals surface area contributed by atoms with Crippen LogP contribution in [0, 0.1) is 0 Å². The summed E-state index contributed by atoms with van der Waals surface area (Å²) in [4.78, 5) is 35.1. The number of nitrogens with two attached hydrogens (primary N) is 2. The maximum Gasteiger partial charge on any atom is 0.303 e. The second-order valence-corrected chi connectivity index (χ2v) is 4.91. The van der Waals surface area contributed by atoms with Crippen LogP contribution in [-0.4, -0.2) is 46.4 Å². The highest BCUT2D eigenvalue weighted by atomic mass is 16.4. The monoisotopic (exact) mass is 271 g/mol. The zero-order valence-corrected chi connectivity index (χ0v) is 10.9. The Morgan fingerprint density at radius 3 is 2.32 bits per heavy atom. The zero-order chi connectivity index (χ0) is 14.4. The number of carbonyl (C=O) groups excluding carboxylic acids is 2. The predicted molar refractivity (Wildman–Crippen MR) is 68.0 cm³/mol. The van der Waals surface area contributed by atoms with Gasteiger partial charge in [-0.1, -0.05) is 12.8 Å². The number of carboxylic acid groups (broad SMARTS) is 1. The van der Waals surface area contributed by atoms with Gasteiger partial charge >= 0.3 is 5.97 Å². The molecular formula is C12H21N3O4. The van der Waals surface area contributed by atoms with E-state index in [2.05, 4.69) is 0 Å². The van der Waals surface area contributed by atoms with Crippen LogP contribution >= 0.6 is 0 Å². The van der Waals surface area contributed by atoms with Gasteiger partial charge in [0.25, 0.3) is 0 Å². The highest BCUT2D eigenvalue weighted by Gasteiger charge is 2.30. The summed E-state index contributed by atoms with van der Waals surface area (Å²) < 4.78 is 0. The third kappa shape index (κ3) is 4.86. The lowest BCUT2D eigenvalue weighted by Gasteiger charge is -2.30. The van der Waals surface area contributed by atoms with Crippen LogP contribution in [0.3, 0.4) is 0 Å². The average Bonchev–Trinajstić information content (AvgIpc) is 2.85. The maximum absolute atomic E-state index is 12.2. The van der Waals surface area contributed by atoms with Gasteiger partial charge < -0.3 is 21.5 Å². The Bertz CT molecular complexity index is 353. The molecule has 0 bridgehead atoms. The molecule has 0 aliphatic heterocycles. The number of rotatable bonds is 7. The first-order valence-corrected chi connectivity index (χ1v) is 6.48. The molecule has 1 fully saturated rings. The Morgan fingerprint density at radius 2 is 1.84 bits per heavy atom. The van der Waals surface area contributed by atoms with Gasteiger partial charge in [0.05, 0.1) is 12.6 Å². The largest absolute Gasteiger partial charge is 0.481 e. The summed E-state index contributed by atoms with van der Waals surface area (Å²) in [7, 11) is 0. The standard InChI is InChI=1S/C12H21N3O4/c13-9(5-6-11(17)18)12(19)15(7-10(14)16)8-3-1-2-4-8/h8-9H,1-7,13H2,(H2,14,16)(H,17,18). The van der Waals surface area contributed by atoms with E-state index in [1.807, 2.05) is 0 Å². The molecule has 1 unspecified atom stereocenters. The van der Waals surface area contributed by atoms with Crippen LogP contribution in [0.2, 0.25) is 0 Å². The van der Waals surface area contributed by atoms with Gasteiger partial charge in [0.15, 0.2) is 0 Å². The number of primary amides is 1. The summed E-state index contributed by atoms with van der Waals surface area (Å²) in [6, 6.07) is -0.896. The van der Waals surface area contributed by atoms with Crippen LogP contribution in [0.1, 0.15) is 38.5 Å². The van der Waals surface area contributed by atoms with Crippen LogP contribution < -0.4 is 11.5 Å². The van der Waals surface area contributed by atoms with Crippen molar-refractivity contribution in [2.24, 2.45) is 11.5 Å². The van der Waals surface area contributed by atoms with Crippen molar-refractivity contribution >= 4 is 17.8 Å². The lowest BCUT2D eigenvalue weighted by atomic mass is 10.1. The number of aliphatic carboxylic acids is 1. The lowest BCUT2D eigenvalue weighted by molar-refractivity contribution is -0.140. The van der Waals surface area contributed by atoms with Crippen LogP contribution in [0.5, 0.6) is 0 Å². The molecule has 19 heavy (non-hydrogen) atoms. The number of hydrogen-bond donors (Lipinski definition) is 3. The third-order valence-corrected chi connectivity index (χ3v) is 3.36. The van der Waals surface area contributed by atoms with Crippen LogP contribution in [0.15, 0.2) is 0 Å². The Morgan fingerprint density at radius 1 is 1.26 bits per heavy atom. The predicted octanol–water partition coefficient (Wildman–Crippen LogP) is -0.565. The first kappa shape index (κ1) is 15.4. The van der Waals surface area contributed by atoms with Crippen molar-refractivity contribution in [1.82, 2.24) is 4.90 Å². The average molecular weight is 271 g/mol. The molecule has 0 aromatic heterocycles. The molecule has 0 heterocycles. The number of carbonyl (C=O) groups is 3. The smallest absolute Gasteiger partial charge is 0.303 e. The summed E-state index contributed by atoms with van der Waals surface area (Å²) in [5.74, 6) is -1.96. The SMILES string of the molecule is NC(=O)CN(C(=O)C(N)CCC(=O)O)C1CCCC1. The third-order valence-electron chi connectivity index (χ3n) is 3.36. The van der Waals surface area contributed by atoms with Gasteiger partial charge in [-0.25, -0.2) is 0 Å². The fraction of sp³-hybridized carbons (Fsp3) is 0.750. The molecule has 0 spiro atoms. The van der Waals surface area contributed by atoms with Crippen molar-refractivity contribution in [1.29, 1.82) is 0 Å². The molecule has 7 nitrogen and oxygen atoms in total. The van der Waals surface area contributed by atoms with Gasteiger partial charge in [0, 0.05) is 12.5 Å². The normalized spacial score (nSPS) is 17.1. The van der Waals surface area contributed by atoms with E-state index in [1.54, 1.807) is 0 Å². The van der Waals surface area contributed by atoms with E-state index >= 15 is 0 Å². The van der Waals surface area contributed by atoms with E-state index in [0.29, 0.717) is 0 Å². The molecule has 0 radical (unpaired) electrons. The van der Waals surface area contributed by atoms with E-state index < -0.39 is 17.9 Å². The van der Waals surface area contributed by atoms with E-state index in [0.717, 1.165) is 25.7 Å². The quantitative estimate of drug-likeness (QED) is 0.571. The molecule has 1 aliphatic rings. The molecule has 1 rings (SSSR count). The van der Waals surface area contributed by atoms with Crippen LogP contribution in [0.25, 0.3) is 0 Å². The van der Waals surface area contributed by atoms with Crippen molar-refractivity contribution in [3.63, 3.8) is 0 Å². The van der Waals surface area contributed by atoms with Crippen molar-refractivity contribution < 1.29 is 19.5 Å². The van der Waals surface area contributed by atoms with E-state index in [9.17, 15) is 14.4 Å². The lowest BCUT2D eigenvalue weighted by Crippen LogP contribution is -2.51. The van der Waals surface area contributed by atoms with Gasteiger partial charge in [0.1, 0.15) is 0 Å². The molecule has 108 valence electrons. The molecule has 0 aromatic rings. The van der Waals surface area contributed by atoms with Gasteiger partial charge in [-0.3, -0.25) is 14.4 Å². The Hall–Kier alpha value is -1.63. The number of amides is 2. The first-order chi connectivity index (χ1) is 8.91. The van der Waals surface area contributed by atoms with Crippen molar-refractivity contribution in [3.8, 4) is 0 Å². The van der Waals surface area contributed by atoms with Crippen molar-refractivity contribution in [2.45, 2.75) is 50.6 Å². The summed E-state index contributed by atoms with van der Waals surface area (Å²) >= 11 is 0. The Balaban J connectivity index is 2.64. The maximum atomic E-state index is 12.2. The number of carboxylic acids is 1. The molecule has 0 saturated heterocycles. The summed E-state index contributed by atoms with van der Waals surface area (Å²) in [6.45, 7) is -0.149. The molecular weight excluding hydrogens is 250 g/mol. The molecule has 5 N–H and O–H groups in total. The molecule has 2 amide bonds. The fourth-order valence-corrected chi connectivity index (χ4v) is 2.39. The second kappa shape index (κ2) is 7.08. The van der Waals surface area contributed by atoms with Gasteiger partial charge in [0.2, 0.25) is 11.8 Å². The minimum atomic E-state index is -0.995. The summed E-state index contributed by atoms with van der Waals surface area (Å²) in [6.07, 6.45) is 3.60. The number of nitrogens with zero attached hydrogens (tertiary/aromatic N) is 1. The summed E-state index contributed by atoms with van der Waals surface area (Å²) in [5.41, 5.74) is 10.9. The van der Waals surface area contributed by atoms with E-state index in [1.165, 1.54) is 4.90 Å². The van der Waals surface area contributed by atoms with Crippen LogP contribution in [0.4, 0.5) is 0 Å². The minimum Gasteiger partial charge on any atom is -0.481 e. The fourth-order valence-electron chi connectivity index (χ4n) is 2.39. The molecule has 1 atom stereocenters. The molecule has 0 aromatic carbocycles. The highest BCUT2D eigenvalue weighted by molar-refractivity contribution is 5.87. The van der Waals surface area contributed by atoms with Gasteiger partial charge in [-0.2, -0.15) is 0 Å². The molecule has 1 aliphatic carbocycles. The van der Waals surface area contributed by atoms with Crippen molar-refractivity contribution in [3.05, 3.63) is 0 Å². The first-order valence-electron chi connectivity index (χ1n) is 6.48. The summed E-state index contributed by atoms with van der Waals surface area (Å²) in [5, 5.41) is 8.59. The highest BCUT2D eigenvalue weighted by Crippen LogP contribution is 2.24. The second-order valence-electron chi connectivity index (χ2n) is 4.91. The number of hydrogen-bond acceptors (Lipinski definition) is 4. The van der Waals surface area contributed by atoms with Crippen LogP contribution in [-0.2, 0) is 14.4 Å². The Kier molecular flexibility index (Phi) is 5.75. The zero-order valence-electron chi connectivity index (χ0n) is 10.9. The Labute approximate surface area is 111 Å². The van der Waals surface area contributed by atoms with Gasteiger partial charge in [-0.15, -0.1) is 0 Å². The van der Waals surface area contributed by atoms with Crippen molar-refractivity contribution in [2.75, 3.05) is 6.54 Å². The molecule has 1 saturated carbocycles. The van der Waals surface area contributed by atoms with E-state index in [4.69, 9.17) is 16.6 Å². The minimum absolute atomic E-state index is 0.00382. The van der Waals surface area contributed by atoms with E-state index in [-0.39, 0.29) is 31.3 Å². The topological polar surface area (TPSA) is 127 Å².